The van der Waals surface area contributed by atoms with E-state index in [4.69, 9.17) is 5.11 Å². The first-order valence-corrected chi connectivity index (χ1v) is 2.93. The number of hydrogen-bond donors (Lipinski definition) is 1. The summed E-state index contributed by atoms with van der Waals surface area (Å²) in [6, 6.07) is 0. The summed E-state index contributed by atoms with van der Waals surface area (Å²) in [5.41, 5.74) is -2.36. The normalized spacial score (nSPS) is 11.2. The minimum absolute atomic E-state index is 0.741. The molecule has 0 aliphatic rings. The highest BCUT2D eigenvalue weighted by molar-refractivity contribution is 5.78. The molecule has 11 heavy (non-hydrogen) atoms. The molecule has 0 radical (unpaired) electrons. The van der Waals surface area contributed by atoms with Crippen molar-refractivity contribution >= 4 is 5.97 Å². The van der Waals surface area contributed by atoms with Gasteiger partial charge in [0.2, 0.25) is 0 Å². The molecule has 0 amide bonds. The Labute approximate surface area is 62.5 Å². The van der Waals surface area contributed by atoms with Crippen LogP contribution in [-0.4, -0.2) is 16.7 Å². The fourth-order valence-electron chi connectivity index (χ4n) is 0.553. The van der Waals surface area contributed by atoms with Gasteiger partial charge in [0, 0.05) is 5.92 Å². The first kappa shape index (κ1) is 9.67. The average molecular weight is 160 g/mol. The lowest BCUT2D eigenvalue weighted by Crippen LogP contribution is -2.39. The van der Waals surface area contributed by atoms with E-state index in [1.54, 1.807) is 0 Å². The van der Waals surface area contributed by atoms with Crippen molar-refractivity contribution in [3.63, 3.8) is 0 Å². The fourth-order valence-corrected chi connectivity index (χ4v) is 0.553. The summed E-state index contributed by atoms with van der Waals surface area (Å²) in [7, 11) is 0. The predicted molar refractivity (Wildman–Crippen MR) is 36.8 cm³/mol. The second-order valence-corrected chi connectivity index (χ2v) is 2.37. The van der Waals surface area contributed by atoms with E-state index in [2.05, 4.69) is 10.4 Å². The summed E-state index contributed by atoms with van der Waals surface area (Å²) in [6.07, 6.45) is 0. The van der Waals surface area contributed by atoms with E-state index in [0.717, 1.165) is 0 Å². The molecule has 0 aromatic carbocycles. The van der Waals surface area contributed by atoms with Gasteiger partial charge in [-0.2, -0.15) is 0 Å². The Kier molecular flexibility index (Phi) is 2.79. The van der Waals surface area contributed by atoms with Crippen molar-refractivity contribution in [2.24, 2.45) is 16.3 Å². The van der Waals surface area contributed by atoms with Crippen molar-refractivity contribution in [3.05, 3.63) is 9.81 Å². The molecule has 0 aliphatic carbocycles. The topological polar surface area (TPSA) is 96.2 Å². The maximum atomic E-state index is 10.3. The second-order valence-electron chi connectivity index (χ2n) is 2.37. The van der Waals surface area contributed by atoms with Crippen LogP contribution in [0.15, 0.2) is 10.4 Å². The Balaban J connectivity index is 4.90. The number of aliphatic carboxylic acids is 1. The van der Waals surface area contributed by atoms with Gasteiger partial charge in [0.05, 0.1) is 0 Å². The van der Waals surface area contributed by atoms with Crippen LogP contribution >= 0.6 is 0 Å². The number of rotatable bonds is 4. The summed E-state index contributed by atoms with van der Waals surface area (Å²) in [5, 5.41) is 12.8. The Hall–Kier alpha value is -1.33. The smallest absolute Gasteiger partial charge is 0.362 e. The molecule has 0 saturated heterocycles. The molecule has 0 fully saturated rings. The van der Waals surface area contributed by atoms with Gasteiger partial charge < -0.3 is 5.11 Å². The highest BCUT2D eigenvalue weighted by atomic mass is 16.4. The van der Waals surface area contributed by atoms with Crippen molar-refractivity contribution in [3.8, 4) is 0 Å². The molecule has 0 aromatic rings. The SMILES string of the molecule is CC(C)C(N=O)(N=O)C(=O)O. The van der Waals surface area contributed by atoms with E-state index < -0.39 is 17.6 Å². The van der Waals surface area contributed by atoms with Gasteiger partial charge in [-0.25, -0.2) is 4.79 Å². The molecular formula is C5H8N2O4. The van der Waals surface area contributed by atoms with Crippen molar-refractivity contribution in [2.75, 3.05) is 0 Å². The first-order valence-electron chi connectivity index (χ1n) is 2.93. The highest BCUT2D eigenvalue weighted by Crippen LogP contribution is 2.23. The van der Waals surface area contributed by atoms with Crippen LogP contribution in [0, 0.1) is 15.7 Å². The standard InChI is InChI=1S/C5H8N2O4/c1-3(2)5(6-10,7-11)4(8)9/h3H,1-2H3,(H,8,9). The number of nitroso groups, excluding NO2 is 2. The fraction of sp³-hybridized carbons (Fsp3) is 0.800. The van der Waals surface area contributed by atoms with Gasteiger partial charge >= 0.3 is 11.6 Å². The van der Waals surface area contributed by atoms with E-state index in [9.17, 15) is 14.6 Å². The Bertz CT molecular complexity index is 181. The van der Waals surface area contributed by atoms with Crippen molar-refractivity contribution in [2.45, 2.75) is 19.5 Å². The summed E-state index contributed by atoms with van der Waals surface area (Å²) < 4.78 is 0. The number of carboxylic acid groups (broad SMARTS) is 1. The Morgan fingerprint density at radius 1 is 1.36 bits per heavy atom. The lowest BCUT2D eigenvalue weighted by Gasteiger charge is -2.15. The summed E-state index contributed by atoms with van der Waals surface area (Å²) >= 11 is 0. The molecule has 6 nitrogen and oxygen atoms in total. The largest absolute Gasteiger partial charge is 0.478 e. The molecule has 6 heteroatoms. The number of nitrogens with zero attached hydrogens (tertiary/aromatic N) is 2. The molecular weight excluding hydrogens is 152 g/mol. The van der Waals surface area contributed by atoms with Gasteiger partial charge in [-0.15, -0.1) is 9.81 Å². The molecule has 0 saturated carbocycles. The molecule has 0 unspecified atom stereocenters. The summed E-state index contributed by atoms with van der Waals surface area (Å²) in [4.78, 5) is 30.4. The minimum atomic E-state index is -2.36. The lowest BCUT2D eigenvalue weighted by molar-refractivity contribution is -0.144. The van der Waals surface area contributed by atoms with Crippen LogP contribution in [0.4, 0.5) is 0 Å². The maximum Gasteiger partial charge on any atom is 0.362 e. The molecule has 0 spiro atoms. The van der Waals surface area contributed by atoms with E-state index in [0.29, 0.717) is 0 Å². The molecule has 1 N–H and O–H groups in total. The molecule has 0 heterocycles. The van der Waals surface area contributed by atoms with Crippen LogP contribution in [0.2, 0.25) is 0 Å². The number of carbonyl (C=O) groups is 1. The van der Waals surface area contributed by atoms with Crippen LogP contribution in [0.5, 0.6) is 0 Å². The zero-order chi connectivity index (χ0) is 9.07. The zero-order valence-electron chi connectivity index (χ0n) is 6.14. The second kappa shape index (κ2) is 3.18. The highest BCUT2D eigenvalue weighted by Gasteiger charge is 2.46. The van der Waals surface area contributed by atoms with Crippen LogP contribution < -0.4 is 0 Å². The van der Waals surface area contributed by atoms with E-state index >= 15 is 0 Å². The van der Waals surface area contributed by atoms with E-state index in [1.807, 2.05) is 0 Å². The first-order chi connectivity index (χ1) is 5.01. The number of hydrogen-bond acceptors (Lipinski definition) is 5. The van der Waals surface area contributed by atoms with E-state index in [-0.39, 0.29) is 0 Å². The predicted octanol–water partition coefficient (Wildman–Crippen LogP) is 0.956. The van der Waals surface area contributed by atoms with Gasteiger partial charge in [0.25, 0.3) is 0 Å². The van der Waals surface area contributed by atoms with E-state index in [1.165, 1.54) is 13.8 Å². The van der Waals surface area contributed by atoms with Crippen LogP contribution in [0.25, 0.3) is 0 Å². The molecule has 0 aromatic heterocycles. The molecule has 0 aliphatic heterocycles. The van der Waals surface area contributed by atoms with Gasteiger partial charge in [0.1, 0.15) is 0 Å². The van der Waals surface area contributed by atoms with Gasteiger partial charge in [-0.3, -0.25) is 0 Å². The average Bonchev–Trinajstić information content (AvgIpc) is 1.90. The molecule has 62 valence electrons. The van der Waals surface area contributed by atoms with Crippen LogP contribution in [0.3, 0.4) is 0 Å². The van der Waals surface area contributed by atoms with Crippen LogP contribution in [-0.2, 0) is 4.79 Å². The third-order valence-electron chi connectivity index (χ3n) is 1.40. The molecule has 0 rings (SSSR count). The Morgan fingerprint density at radius 2 is 1.73 bits per heavy atom. The van der Waals surface area contributed by atoms with Crippen molar-refractivity contribution in [1.82, 2.24) is 0 Å². The zero-order valence-corrected chi connectivity index (χ0v) is 6.14. The lowest BCUT2D eigenvalue weighted by atomic mass is 9.98. The third-order valence-corrected chi connectivity index (χ3v) is 1.40. The van der Waals surface area contributed by atoms with Crippen molar-refractivity contribution in [1.29, 1.82) is 0 Å². The van der Waals surface area contributed by atoms with Gasteiger partial charge in [-0.1, -0.05) is 13.8 Å². The van der Waals surface area contributed by atoms with Gasteiger partial charge in [-0.05, 0) is 10.4 Å². The van der Waals surface area contributed by atoms with Gasteiger partial charge in [0.15, 0.2) is 0 Å². The summed E-state index contributed by atoms with van der Waals surface area (Å²) in [6.45, 7) is 2.77. The molecule has 0 atom stereocenters. The summed E-state index contributed by atoms with van der Waals surface area (Å²) in [5.74, 6) is -2.35. The third kappa shape index (κ3) is 1.39. The monoisotopic (exact) mass is 160 g/mol. The van der Waals surface area contributed by atoms with Crippen LogP contribution in [0.1, 0.15) is 13.8 Å². The Morgan fingerprint density at radius 3 is 1.73 bits per heavy atom. The molecule has 0 bridgehead atoms. The van der Waals surface area contributed by atoms with Crippen molar-refractivity contribution < 1.29 is 9.90 Å². The minimum Gasteiger partial charge on any atom is -0.478 e. The quantitative estimate of drug-likeness (QED) is 0.619. The maximum absolute atomic E-state index is 10.3. The number of carboxylic acids is 1.